The minimum Gasteiger partial charge on any atom is -0.392 e. The lowest BCUT2D eigenvalue weighted by Gasteiger charge is -2.26. The zero-order chi connectivity index (χ0) is 10.8. The Morgan fingerprint density at radius 2 is 1.73 bits per heavy atom. The van der Waals surface area contributed by atoms with Gasteiger partial charge in [0.25, 0.3) is 0 Å². The molecule has 0 atom stereocenters. The Morgan fingerprint density at radius 3 is 2.33 bits per heavy atom. The number of aliphatic hydroxyl groups excluding tert-OH is 2. The number of likely N-dealkylation sites (N-methyl/N-ethyl adjacent to an activating group) is 1. The molecule has 1 aliphatic heterocycles. The average Bonchev–Trinajstić information content (AvgIpc) is 2.27. The normalized spacial score (nSPS) is 16.5. The van der Waals surface area contributed by atoms with Crippen LogP contribution in [0.25, 0.3) is 0 Å². The molecule has 0 spiro atoms. The highest BCUT2D eigenvalue weighted by Gasteiger charge is 2.15. The van der Waals surface area contributed by atoms with Crippen LogP contribution in [0.1, 0.15) is 22.3 Å². The second kappa shape index (κ2) is 4.31. The predicted octanol–water partition coefficient (Wildman–Crippen LogP) is 0.659. The van der Waals surface area contributed by atoms with Crippen LogP contribution >= 0.6 is 0 Å². The summed E-state index contributed by atoms with van der Waals surface area (Å²) in [6.07, 6.45) is 1.03. The number of aliphatic hydroxyl groups is 2. The summed E-state index contributed by atoms with van der Waals surface area (Å²) in [6.45, 7) is 2.02. The molecule has 0 amide bonds. The molecule has 0 saturated carbocycles. The smallest absolute Gasteiger partial charge is 0.0685 e. The molecule has 1 aromatic carbocycles. The van der Waals surface area contributed by atoms with Crippen molar-refractivity contribution in [1.82, 2.24) is 4.90 Å². The molecule has 0 saturated heterocycles. The van der Waals surface area contributed by atoms with E-state index in [1.165, 1.54) is 11.1 Å². The maximum Gasteiger partial charge on any atom is 0.0685 e. The molecule has 0 unspecified atom stereocenters. The minimum absolute atomic E-state index is 0.00683. The van der Waals surface area contributed by atoms with Gasteiger partial charge < -0.3 is 15.1 Å². The first-order chi connectivity index (χ1) is 7.24. The average molecular weight is 207 g/mol. The third kappa shape index (κ3) is 2.04. The van der Waals surface area contributed by atoms with Gasteiger partial charge in [0, 0.05) is 13.1 Å². The van der Waals surface area contributed by atoms with E-state index in [0.717, 1.165) is 30.6 Å². The van der Waals surface area contributed by atoms with Gasteiger partial charge in [-0.25, -0.2) is 0 Å². The Labute approximate surface area is 90.0 Å². The van der Waals surface area contributed by atoms with Crippen LogP contribution in [0.2, 0.25) is 0 Å². The van der Waals surface area contributed by atoms with Crippen molar-refractivity contribution in [2.45, 2.75) is 26.2 Å². The lowest BCUT2D eigenvalue weighted by molar-refractivity contribution is 0.258. The fraction of sp³-hybridized carbons (Fsp3) is 0.500. The maximum absolute atomic E-state index is 9.19. The van der Waals surface area contributed by atoms with Gasteiger partial charge in [-0.05, 0) is 35.7 Å². The third-order valence-electron chi connectivity index (χ3n) is 3.07. The van der Waals surface area contributed by atoms with Crippen LogP contribution in [-0.2, 0) is 26.2 Å². The van der Waals surface area contributed by atoms with Crippen LogP contribution < -0.4 is 0 Å². The summed E-state index contributed by atoms with van der Waals surface area (Å²) in [5.74, 6) is 0. The molecular weight excluding hydrogens is 190 g/mol. The molecule has 0 aliphatic carbocycles. The fourth-order valence-corrected chi connectivity index (χ4v) is 2.15. The van der Waals surface area contributed by atoms with Gasteiger partial charge in [-0.2, -0.15) is 0 Å². The van der Waals surface area contributed by atoms with Crippen LogP contribution in [-0.4, -0.2) is 28.7 Å². The molecule has 82 valence electrons. The highest BCUT2D eigenvalue weighted by atomic mass is 16.3. The minimum atomic E-state index is 0.00683. The molecule has 0 fully saturated rings. The summed E-state index contributed by atoms with van der Waals surface area (Å²) >= 11 is 0. The molecule has 2 rings (SSSR count). The van der Waals surface area contributed by atoms with Gasteiger partial charge in [0.2, 0.25) is 0 Å². The van der Waals surface area contributed by atoms with E-state index >= 15 is 0 Å². The number of rotatable bonds is 2. The summed E-state index contributed by atoms with van der Waals surface area (Å²) in [4.78, 5) is 2.27. The Kier molecular flexibility index (Phi) is 3.05. The molecular formula is C12H17NO2. The Balaban J connectivity index is 2.41. The maximum atomic E-state index is 9.19. The number of hydrogen-bond acceptors (Lipinski definition) is 3. The van der Waals surface area contributed by atoms with Gasteiger partial charge in [0.1, 0.15) is 0 Å². The summed E-state index contributed by atoms with van der Waals surface area (Å²) in [6, 6.07) is 4.06. The van der Waals surface area contributed by atoms with Crippen molar-refractivity contribution >= 4 is 0 Å². The first kappa shape index (κ1) is 10.6. The number of hydrogen-bond donors (Lipinski definition) is 2. The van der Waals surface area contributed by atoms with Crippen LogP contribution in [0.5, 0.6) is 0 Å². The quantitative estimate of drug-likeness (QED) is 0.748. The van der Waals surface area contributed by atoms with Crippen LogP contribution in [0.3, 0.4) is 0 Å². The summed E-state index contributed by atoms with van der Waals surface area (Å²) in [5, 5.41) is 18.4. The molecule has 0 aromatic heterocycles. The second-order valence-corrected chi connectivity index (χ2v) is 4.19. The van der Waals surface area contributed by atoms with Crippen LogP contribution in [0, 0.1) is 0 Å². The number of nitrogens with zero attached hydrogens (tertiary/aromatic N) is 1. The van der Waals surface area contributed by atoms with E-state index in [4.69, 9.17) is 0 Å². The van der Waals surface area contributed by atoms with Gasteiger partial charge in [-0.15, -0.1) is 0 Å². The van der Waals surface area contributed by atoms with Gasteiger partial charge in [-0.1, -0.05) is 12.1 Å². The van der Waals surface area contributed by atoms with E-state index < -0.39 is 0 Å². The van der Waals surface area contributed by atoms with E-state index in [2.05, 4.69) is 11.9 Å². The lowest BCUT2D eigenvalue weighted by Crippen LogP contribution is -2.26. The van der Waals surface area contributed by atoms with Crippen molar-refractivity contribution in [1.29, 1.82) is 0 Å². The third-order valence-corrected chi connectivity index (χ3v) is 3.07. The lowest BCUT2D eigenvalue weighted by atomic mass is 9.94. The van der Waals surface area contributed by atoms with Gasteiger partial charge >= 0.3 is 0 Å². The Bertz CT molecular complexity index is 363. The Hall–Kier alpha value is -0.900. The summed E-state index contributed by atoms with van der Waals surface area (Å²) < 4.78 is 0. The molecule has 0 radical (unpaired) electrons. The van der Waals surface area contributed by atoms with Crippen molar-refractivity contribution in [3.8, 4) is 0 Å². The monoisotopic (exact) mass is 207 g/mol. The van der Waals surface area contributed by atoms with E-state index in [1.807, 2.05) is 12.1 Å². The van der Waals surface area contributed by atoms with E-state index in [-0.39, 0.29) is 13.2 Å². The van der Waals surface area contributed by atoms with Crippen LogP contribution in [0.15, 0.2) is 12.1 Å². The Morgan fingerprint density at radius 1 is 1.13 bits per heavy atom. The van der Waals surface area contributed by atoms with Crippen molar-refractivity contribution in [2.24, 2.45) is 0 Å². The molecule has 3 nitrogen and oxygen atoms in total. The molecule has 1 heterocycles. The van der Waals surface area contributed by atoms with Crippen molar-refractivity contribution in [3.63, 3.8) is 0 Å². The van der Waals surface area contributed by atoms with Crippen molar-refractivity contribution in [2.75, 3.05) is 13.6 Å². The molecule has 1 aliphatic rings. The predicted molar refractivity (Wildman–Crippen MR) is 58.3 cm³/mol. The number of fused-ring (bicyclic) bond motifs is 1. The summed E-state index contributed by atoms with van der Waals surface area (Å²) in [5.41, 5.74) is 4.31. The van der Waals surface area contributed by atoms with E-state index in [1.54, 1.807) is 0 Å². The van der Waals surface area contributed by atoms with Crippen LogP contribution in [0.4, 0.5) is 0 Å². The molecule has 1 aromatic rings. The van der Waals surface area contributed by atoms with E-state index in [9.17, 15) is 10.2 Å². The topological polar surface area (TPSA) is 43.7 Å². The second-order valence-electron chi connectivity index (χ2n) is 4.19. The SMILES string of the molecule is CN1CCc2cc(CO)c(CO)cc2C1. The molecule has 2 N–H and O–H groups in total. The first-order valence-corrected chi connectivity index (χ1v) is 5.28. The van der Waals surface area contributed by atoms with Gasteiger partial charge in [0.05, 0.1) is 13.2 Å². The number of benzene rings is 1. The van der Waals surface area contributed by atoms with E-state index in [0.29, 0.717) is 0 Å². The van der Waals surface area contributed by atoms with Crippen molar-refractivity contribution < 1.29 is 10.2 Å². The molecule has 0 bridgehead atoms. The van der Waals surface area contributed by atoms with Crippen molar-refractivity contribution in [3.05, 3.63) is 34.4 Å². The zero-order valence-corrected chi connectivity index (χ0v) is 9.03. The first-order valence-electron chi connectivity index (χ1n) is 5.28. The molecule has 3 heteroatoms. The van der Waals surface area contributed by atoms with Gasteiger partial charge in [0.15, 0.2) is 0 Å². The van der Waals surface area contributed by atoms with Gasteiger partial charge in [-0.3, -0.25) is 0 Å². The standard InChI is InChI=1S/C12H17NO2/c1-13-3-2-9-4-11(7-14)12(8-15)5-10(9)6-13/h4-5,14-15H,2-3,6-8H2,1H3. The summed E-state index contributed by atoms with van der Waals surface area (Å²) in [7, 11) is 2.10. The highest BCUT2D eigenvalue weighted by Crippen LogP contribution is 2.22. The molecule has 15 heavy (non-hydrogen) atoms. The largest absolute Gasteiger partial charge is 0.392 e. The fourth-order valence-electron chi connectivity index (χ4n) is 2.15. The highest BCUT2D eigenvalue weighted by molar-refractivity contribution is 5.39. The zero-order valence-electron chi connectivity index (χ0n) is 9.03.